The van der Waals surface area contributed by atoms with Crippen LogP contribution in [-0.4, -0.2) is 30.6 Å². The molecule has 1 atom stereocenters. The maximum atomic E-state index is 12.8. The molecular formula is C17H19F3N2O2S. The number of thiazole rings is 1. The van der Waals surface area contributed by atoms with E-state index in [1.54, 1.807) is 18.6 Å². The highest BCUT2D eigenvalue weighted by molar-refractivity contribution is 7.13. The SMILES string of the molecule is CCC(COC)NC(=O)Cc1csc(-c2cccc(C(F)(F)F)c2)n1. The van der Waals surface area contributed by atoms with Gasteiger partial charge < -0.3 is 10.1 Å². The van der Waals surface area contributed by atoms with E-state index in [1.807, 2.05) is 6.92 Å². The molecule has 1 aromatic carbocycles. The molecule has 1 aromatic heterocycles. The monoisotopic (exact) mass is 372 g/mol. The lowest BCUT2D eigenvalue weighted by molar-refractivity contribution is -0.137. The Morgan fingerprint density at radius 3 is 2.80 bits per heavy atom. The lowest BCUT2D eigenvalue weighted by atomic mass is 10.1. The first-order valence-electron chi connectivity index (χ1n) is 7.73. The number of amides is 1. The number of carbonyl (C=O) groups is 1. The van der Waals surface area contributed by atoms with Crippen molar-refractivity contribution in [3.63, 3.8) is 0 Å². The molecule has 25 heavy (non-hydrogen) atoms. The Kier molecular flexibility index (Phi) is 6.55. The highest BCUT2D eigenvalue weighted by atomic mass is 32.1. The predicted molar refractivity (Wildman–Crippen MR) is 90.4 cm³/mol. The van der Waals surface area contributed by atoms with Gasteiger partial charge in [0.1, 0.15) is 5.01 Å². The number of alkyl halides is 3. The van der Waals surface area contributed by atoms with Crippen LogP contribution in [0.3, 0.4) is 0 Å². The summed E-state index contributed by atoms with van der Waals surface area (Å²) < 4.78 is 43.4. The van der Waals surface area contributed by atoms with Crippen molar-refractivity contribution >= 4 is 17.2 Å². The van der Waals surface area contributed by atoms with Crippen LogP contribution < -0.4 is 5.32 Å². The summed E-state index contributed by atoms with van der Waals surface area (Å²) in [5, 5.41) is 4.99. The lowest BCUT2D eigenvalue weighted by Crippen LogP contribution is -2.38. The van der Waals surface area contributed by atoms with E-state index in [1.165, 1.54) is 17.4 Å². The van der Waals surface area contributed by atoms with Crippen LogP contribution in [0.25, 0.3) is 10.6 Å². The molecular weight excluding hydrogens is 353 g/mol. The summed E-state index contributed by atoms with van der Waals surface area (Å²) in [5.41, 5.74) is 0.198. The minimum Gasteiger partial charge on any atom is -0.383 e. The van der Waals surface area contributed by atoms with Crippen LogP contribution >= 0.6 is 11.3 Å². The first-order chi connectivity index (χ1) is 11.8. The van der Waals surface area contributed by atoms with Crippen LogP contribution in [0.5, 0.6) is 0 Å². The van der Waals surface area contributed by atoms with Gasteiger partial charge in [0.25, 0.3) is 0 Å². The third kappa shape index (κ3) is 5.54. The molecule has 1 amide bonds. The van der Waals surface area contributed by atoms with E-state index < -0.39 is 11.7 Å². The number of hydrogen-bond donors (Lipinski definition) is 1. The van der Waals surface area contributed by atoms with Crippen molar-refractivity contribution in [1.82, 2.24) is 10.3 Å². The predicted octanol–water partition coefficient (Wildman–Crippen LogP) is 3.91. The summed E-state index contributed by atoms with van der Waals surface area (Å²) in [6.07, 6.45) is -3.58. The number of methoxy groups -OCH3 is 1. The smallest absolute Gasteiger partial charge is 0.383 e. The molecule has 0 fully saturated rings. The molecule has 136 valence electrons. The number of nitrogens with one attached hydrogen (secondary N) is 1. The van der Waals surface area contributed by atoms with E-state index in [-0.39, 0.29) is 18.4 Å². The number of hydrogen-bond acceptors (Lipinski definition) is 4. The van der Waals surface area contributed by atoms with Crippen molar-refractivity contribution < 1.29 is 22.7 Å². The Morgan fingerprint density at radius 2 is 2.16 bits per heavy atom. The summed E-state index contributed by atoms with van der Waals surface area (Å²) in [5.74, 6) is -0.190. The van der Waals surface area contributed by atoms with E-state index in [9.17, 15) is 18.0 Å². The third-order valence-electron chi connectivity index (χ3n) is 3.56. The fraction of sp³-hybridized carbons (Fsp3) is 0.412. The maximum absolute atomic E-state index is 12.8. The molecule has 0 aliphatic rings. The summed E-state index contributed by atoms with van der Waals surface area (Å²) in [6.45, 7) is 2.37. The zero-order chi connectivity index (χ0) is 18.4. The highest BCUT2D eigenvalue weighted by Gasteiger charge is 2.30. The lowest BCUT2D eigenvalue weighted by Gasteiger charge is -2.15. The number of ether oxygens (including phenoxy) is 1. The van der Waals surface area contributed by atoms with E-state index in [2.05, 4.69) is 10.3 Å². The van der Waals surface area contributed by atoms with Gasteiger partial charge in [-0.05, 0) is 18.6 Å². The Bertz CT molecular complexity index is 716. The standard InChI is InChI=1S/C17H19F3N2O2S/c1-3-13(9-24-2)21-15(23)8-14-10-25-16(22-14)11-5-4-6-12(7-11)17(18,19)20/h4-7,10,13H,3,8-9H2,1-2H3,(H,21,23). The van der Waals surface area contributed by atoms with E-state index in [0.717, 1.165) is 18.6 Å². The van der Waals surface area contributed by atoms with Crippen LogP contribution in [0.2, 0.25) is 0 Å². The topological polar surface area (TPSA) is 51.2 Å². The van der Waals surface area contributed by atoms with Gasteiger partial charge in [-0.15, -0.1) is 11.3 Å². The van der Waals surface area contributed by atoms with Gasteiger partial charge in [0.2, 0.25) is 5.91 Å². The van der Waals surface area contributed by atoms with Gasteiger partial charge in [-0.25, -0.2) is 4.98 Å². The largest absolute Gasteiger partial charge is 0.416 e. The third-order valence-corrected chi connectivity index (χ3v) is 4.50. The fourth-order valence-corrected chi connectivity index (χ4v) is 3.07. The molecule has 4 nitrogen and oxygen atoms in total. The van der Waals surface area contributed by atoms with Crippen molar-refractivity contribution in [3.8, 4) is 10.6 Å². The minimum absolute atomic E-state index is 0.0703. The number of aromatic nitrogens is 1. The molecule has 1 unspecified atom stereocenters. The zero-order valence-corrected chi connectivity index (χ0v) is 14.7. The maximum Gasteiger partial charge on any atom is 0.416 e. The van der Waals surface area contributed by atoms with Crippen LogP contribution in [0.15, 0.2) is 29.6 Å². The first kappa shape index (κ1) is 19.4. The van der Waals surface area contributed by atoms with E-state index in [0.29, 0.717) is 22.9 Å². The van der Waals surface area contributed by atoms with Gasteiger partial charge in [0, 0.05) is 18.1 Å². The van der Waals surface area contributed by atoms with Gasteiger partial charge in [-0.3, -0.25) is 4.79 Å². The average Bonchev–Trinajstić information content (AvgIpc) is 3.02. The Morgan fingerprint density at radius 1 is 1.40 bits per heavy atom. The van der Waals surface area contributed by atoms with Crippen LogP contribution in [-0.2, 0) is 22.1 Å². The number of carbonyl (C=O) groups excluding carboxylic acids is 1. The van der Waals surface area contributed by atoms with Crippen molar-refractivity contribution in [2.45, 2.75) is 32.0 Å². The van der Waals surface area contributed by atoms with Crippen LogP contribution in [0.1, 0.15) is 24.6 Å². The molecule has 0 saturated heterocycles. The Balaban J connectivity index is 2.06. The number of halogens is 3. The molecule has 2 rings (SSSR count). The molecule has 0 radical (unpaired) electrons. The highest BCUT2D eigenvalue weighted by Crippen LogP contribution is 2.33. The molecule has 2 aromatic rings. The Hall–Kier alpha value is -1.93. The van der Waals surface area contributed by atoms with Crippen LogP contribution in [0, 0.1) is 0 Å². The zero-order valence-electron chi connectivity index (χ0n) is 13.9. The number of rotatable bonds is 7. The summed E-state index contributed by atoms with van der Waals surface area (Å²) in [7, 11) is 1.57. The summed E-state index contributed by atoms with van der Waals surface area (Å²) in [6, 6.07) is 4.94. The number of nitrogens with zero attached hydrogens (tertiary/aromatic N) is 1. The minimum atomic E-state index is -4.40. The molecule has 0 bridgehead atoms. The quantitative estimate of drug-likeness (QED) is 0.802. The molecule has 0 aliphatic carbocycles. The van der Waals surface area contributed by atoms with E-state index >= 15 is 0 Å². The van der Waals surface area contributed by atoms with E-state index in [4.69, 9.17) is 4.74 Å². The van der Waals surface area contributed by atoms with Gasteiger partial charge in [0.05, 0.1) is 30.3 Å². The second-order valence-corrected chi connectivity index (χ2v) is 6.39. The van der Waals surface area contributed by atoms with Crippen LogP contribution in [0.4, 0.5) is 13.2 Å². The second kappa shape index (κ2) is 8.44. The van der Waals surface area contributed by atoms with Gasteiger partial charge >= 0.3 is 6.18 Å². The molecule has 1 N–H and O–H groups in total. The first-order valence-corrected chi connectivity index (χ1v) is 8.61. The Labute approximate surface area is 148 Å². The van der Waals surface area contributed by atoms with Crippen molar-refractivity contribution in [2.75, 3.05) is 13.7 Å². The molecule has 0 saturated carbocycles. The molecule has 8 heteroatoms. The molecule has 0 aliphatic heterocycles. The normalized spacial score (nSPS) is 12.8. The number of benzene rings is 1. The summed E-state index contributed by atoms with van der Waals surface area (Å²) in [4.78, 5) is 16.3. The van der Waals surface area contributed by atoms with Gasteiger partial charge in [0.15, 0.2) is 0 Å². The van der Waals surface area contributed by atoms with Crippen molar-refractivity contribution in [3.05, 3.63) is 40.9 Å². The van der Waals surface area contributed by atoms with Gasteiger partial charge in [-0.1, -0.05) is 19.1 Å². The molecule has 0 spiro atoms. The van der Waals surface area contributed by atoms with Gasteiger partial charge in [-0.2, -0.15) is 13.2 Å². The summed E-state index contributed by atoms with van der Waals surface area (Å²) >= 11 is 1.22. The van der Waals surface area contributed by atoms with Crippen molar-refractivity contribution in [1.29, 1.82) is 0 Å². The second-order valence-electron chi connectivity index (χ2n) is 5.53. The fourth-order valence-electron chi connectivity index (χ4n) is 2.26. The average molecular weight is 372 g/mol. The molecule has 1 heterocycles. The van der Waals surface area contributed by atoms with Crippen molar-refractivity contribution in [2.24, 2.45) is 0 Å².